The van der Waals surface area contributed by atoms with E-state index in [-0.39, 0.29) is 0 Å². The molecule has 0 bridgehead atoms. The lowest BCUT2D eigenvalue weighted by Crippen LogP contribution is -2.23. The average Bonchev–Trinajstić information content (AvgIpc) is 2.29. The van der Waals surface area contributed by atoms with Crippen molar-refractivity contribution < 1.29 is 14.6 Å². The van der Waals surface area contributed by atoms with Crippen molar-refractivity contribution >= 4 is 16.9 Å². The number of carboxylic acids is 1. The van der Waals surface area contributed by atoms with E-state index in [9.17, 15) is 4.79 Å². The summed E-state index contributed by atoms with van der Waals surface area (Å²) in [5, 5.41) is 9.82. The summed E-state index contributed by atoms with van der Waals surface area (Å²) in [6.45, 7) is 3.43. The molecule has 0 saturated heterocycles. The maximum absolute atomic E-state index is 10.7. The Morgan fingerprint density at radius 1 is 1.41 bits per heavy atom. The molecule has 88 valence electrons. The zero-order chi connectivity index (χ0) is 12.4. The number of carboxylic acid groups (broad SMARTS) is 1. The fourth-order valence-electron chi connectivity index (χ4n) is 1.61. The van der Waals surface area contributed by atoms with Crippen molar-refractivity contribution in [1.29, 1.82) is 0 Å². The molecule has 1 N–H and O–H groups in total. The molecule has 0 fully saturated rings. The smallest absolute Gasteiger partial charge is 0.344 e. The van der Waals surface area contributed by atoms with E-state index in [1.807, 2.05) is 31.2 Å². The van der Waals surface area contributed by atoms with Crippen LogP contribution in [-0.2, 0) is 4.79 Å². The molecule has 1 heterocycles. The van der Waals surface area contributed by atoms with Gasteiger partial charge in [-0.3, -0.25) is 0 Å². The van der Waals surface area contributed by atoms with E-state index in [1.165, 1.54) is 6.92 Å². The van der Waals surface area contributed by atoms with Crippen LogP contribution in [0.4, 0.5) is 0 Å². The SMILES string of the molecule is Cc1cc(OC(C)C(=O)O)nc2ccccc12. The number of hydrogen-bond donors (Lipinski definition) is 1. The van der Waals surface area contributed by atoms with Crippen LogP contribution in [0.15, 0.2) is 30.3 Å². The first-order valence-electron chi connectivity index (χ1n) is 5.34. The Morgan fingerprint density at radius 3 is 2.82 bits per heavy atom. The fourth-order valence-corrected chi connectivity index (χ4v) is 1.61. The monoisotopic (exact) mass is 231 g/mol. The van der Waals surface area contributed by atoms with Crippen LogP contribution in [-0.4, -0.2) is 22.2 Å². The van der Waals surface area contributed by atoms with E-state index >= 15 is 0 Å². The molecule has 0 saturated carbocycles. The van der Waals surface area contributed by atoms with Crippen molar-refractivity contribution in [3.63, 3.8) is 0 Å². The summed E-state index contributed by atoms with van der Waals surface area (Å²) in [6.07, 6.45) is -0.900. The van der Waals surface area contributed by atoms with Gasteiger partial charge in [-0.05, 0) is 25.5 Å². The second-order valence-corrected chi connectivity index (χ2v) is 3.89. The lowest BCUT2D eigenvalue weighted by Gasteiger charge is -2.11. The number of aliphatic carboxylic acids is 1. The van der Waals surface area contributed by atoms with Crippen LogP contribution in [0, 0.1) is 6.92 Å². The van der Waals surface area contributed by atoms with E-state index in [4.69, 9.17) is 9.84 Å². The number of para-hydroxylation sites is 1. The van der Waals surface area contributed by atoms with Gasteiger partial charge < -0.3 is 9.84 Å². The molecule has 1 aromatic carbocycles. The molecule has 0 radical (unpaired) electrons. The van der Waals surface area contributed by atoms with Crippen LogP contribution >= 0.6 is 0 Å². The number of ether oxygens (including phenoxy) is 1. The molecular weight excluding hydrogens is 218 g/mol. The van der Waals surface area contributed by atoms with Crippen molar-refractivity contribution in [3.05, 3.63) is 35.9 Å². The summed E-state index contributed by atoms with van der Waals surface area (Å²) >= 11 is 0. The Bertz CT molecular complexity index is 566. The molecule has 0 amide bonds. The van der Waals surface area contributed by atoms with Crippen molar-refractivity contribution in [2.45, 2.75) is 20.0 Å². The van der Waals surface area contributed by atoms with Gasteiger partial charge in [0.15, 0.2) is 6.10 Å². The van der Waals surface area contributed by atoms with Gasteiger partial charge in [0.05, 0.1) is 5.52 Å². The highest BCUT2D eigenvalue weighted by atomic mass is 16.5. The fraction of sp³-hybridized carbons (Fsp3) is 0.231. The molecule has 4 nitrogen and oxygen atoms in total. The third-order valence-electron chi connectivity index (χ3n) is 2.54. The summed E-state index contributed by atoms with van der Waals surface area (Å²) in [6, 6.07) is 9.43. The zero-order valence-corrected chi connectivity index (χ0v) is 9.68. The summed E-state index contributed by atoms with van der Waals surface area (Å²) in [4.78, 5) is 15.0. The number of benzene rings is 1. The third kappa shape index (κ3) is 2.36. The number of rotatable bonds is 3. The number of nitrogens with zero attached hydrogens (tertiary/aromatic N) is 1. The maximum atomic E-state index is 10.7. The summed E-state index contributed by atoms with van der Waals surface area (Å²) in [5.74, 6) is -0.659. The Kier molecular flexibility index (Phi) is 2.95. The zero-order valence-electron chi connectivity index (χ0n) is 9.68. The van der Waals surface area contributed by atoms with Crippen molar-refractivity contribution in [3.8, 4) is 5.88 Å². The second kappa shape index (κ2) is 4.41. The molecule has 1 atom stereocenters. The highest BCUT2D eigenvalue weighted by molar-refractivity contribution is 5.82. The van der Waals surface area contributed by atoms with Gasteiger partial charge in [0, 0.05) is 11.5 Å². The minimum absolute atomic E-state index is 0.344. The molecule has 0 aliphatic rings. The number of fused-ring (bicyclic) bond motifs is 1. The van der Waals surface area contributed by atoms with Gasteiger partial charge in [0.1, 0.15) is 0 Å². The van der Waals surface area contributed by atoms with Crippen LogP contribution in [0.5, 0.6) is 5.88 Å². The third-order valence-corrected chi connectivity index (χ3v) is 2.54. The molecule has 1 unspecified atom stereocenters. The van der Waals surface area contributed by atoms with Gasteiger partial charge in [0.2, 0.25) is 5.88 Å². The molecule has 17 heavy (non-hydrogen) atoms. The Balaban J connectivity index is 2.40. The minimum atomic E-state index is -1.00. The quantitative estimate of drug-likeness (QED) is 0.881. The number of hydrogen-bond acceptors (Lipinski definition) is 3. The van der Waals surface area contributed by atoms with Crippen molar-refractivity contribution in [1.82, 2.24) is 4.98 Å². The Morgan fingerprint density at radius 2 is 2.12 bits per heavy atom. The van der Waals surface area contributed by atoms with Crippen molar-refractivity contribution in [2.75, 3.05) is 0 Å². The second-order valence-electron chi connectivity index (χ2n) is 3.89. The van der Waals surface area contributed by atoms with Crippen molar-refractivity contribution in [2.24, 2.45) is 0 Å². The van der Waals surface area contributed by atoms with Gasteiger partial charge in [0.25, 0.3) is 0 Å². The van der Waals surface area contributed by atoms with Crippen LogP contribution in [0.3, 0.4) is 0 Å². The Hall–Kier alpha value is -2.10. The van der Waals surface area contributed by atoms with Crippen LogP contribution in [0.1, 0.15) is 12.5 Å². The van der Waals surface area contributed by atoms with Crippen LogP contribution in [0.2, 0.25) is 0 Å². The molecule has 0 aliphatic carbocycles. The summed E-state index contributed by atoms with van der Waals surface area (Å²) < 4.78 is 5.25. The van der Waals surface area contributed by atoms with E-state index in [2.05, 4.69) is 4.98 Å². The summed E-state index contributed by atoms with van der Waals surface area (Å²) in [7, 11) is 0. The normalized spacial score (nSPS) is 12.4. The lowest BCUT2D eigenvalue weighted by molar-refractivity contribution is -0.144. The van der Waals surface area contributed by atoms with E-state index in [1.54, 1.807) is 6.07 Å². The molecular formula is C13H13NO3. The van der Waals surface area contributed by atoms with E-state index in [0.717, 1.165) is 16.5 Å². The van der Waals surface area contributed by atoms with E-state index < -0.39 is 12.1 Å². The largest absolute Gasteiger partial charge is 0.479 e. The minimum Gasteiger partial charge on any atom is -0.479 e. The number of aromatic nitrogens is 1. The predicted molar refractivity (Wildman–Crippen MR) is 64.2 cm³/mol. The highest BCUT2D eigenvalue weighted by Gasteiger charge is 2.13. The van der Waals surface area contributed by atoms with Crippen LogP contribution in [0.25, 0.3) is 10.9 Å². The molecule has 0 spiro atoms. The first-order valence-corrected chi connectivity index (χ1v) is 5.34. The topological polar surface area (TPSA) is 59.4 Å². The molecule has 4 heteroatoms. The first kappa shape index (κ1) is 11.4. The highest BCUT2D eigenvalue weighted by Crippen LogP contribution is 2.21. The molecule has 2 rings (SSSR count). The first-order chi connectivity index (χ1) is 8.08. The van der Waals surface area contributed by atoms with Gasteiger partial charge in [-0.15, -0.1) is 0 Å². The molecule has 1 aromatic heterocycles. The van der Waals surface area contributed by atoms with Gasteiger partial charge in [-0.1, -0.05) is 18.2 Å². The molecule has 2 aromatic rings. The number of carbonyl (C=O) groups is 1. The number of pyridine rings is 1. The standard InChI is InChI=1S/C13H13NO3/c1-8-7-12(17-9(2)13(15)16)14-11-6-4-3-5-10(8)11/h3-7,9H,1-2H3,(H,15,16). The lowest BCUT2D eigenvalue weighted by atomic mass is 10.1. The van der Waals surface area contributed by atoms with Gasteiger partial charge in [-0.25, -0.2) is 9.78 Å². The van der Waals surface area contributed by atoms with E-state index in [0.29, 0.717) is 5.88 Å². The number of aryl methyl sites for hydroxylation is 1. The van der Waals surface area contributed by atoms with Gasteiger partial charge >= 0.3 is 5.97 Å². The maximum Gasteiger partial charge on any atom is 0.344 e. The Labute approximate surface area is 98.9 Å². The average molecular weight is 231 g/mol. The molecule has 0 aliphatic heterocycles. The van der Waals surface area contributed by atoms with Gasteiger partial charge in [-0.2, -0.15) is 0 Å². The predicted octanol–water partition coefficient (Wildman–Crippen LogP) is 2.40. The summed E-state index contributed by atoms with van der Waals surface area (Å²) in [5.41, 5.74) is 1.82. The van der Waals surface area contributed by atoms with Crippen LogP contribution < -0.4 is 4.74 Å².